The standard InChI is InChI=1S/C18H22BrNO/c1-4-14-7-5-6-8-18(14)21-16-10-9-15(17(19)11-16)12-20-13(2)3/h5-11,13,20H,4,12H2,1-3H3. The Kier molecular flexibility index (Phi) is 5.83. The van der Waals surface area contributed by atoms with Crippen molar-refractivity contribution in [3.8, 4) is 11.5 Å². The summed E-state index contributed by atoms with van der Waals surface area (Å²) in [6, 6.07) is 14.8. The highest BCUT2D eigenvalue weighted by Gasteiger charge is 2.06. The molecule has 0 fully saturated rings. The van der Waals surface area contributed by atoms with Crippen LogP contribution in [0.1, 0.15) is 31.9 Å². The van der Waals surface area contributed by atoms with E-state index < -0.39 is 0 Å². The van der Waals surface area contributed by atoms with Crippen molar-refractivity contribution in [3.05, 3.63) is 58.1 Å². The first-order chi connectivity index (χ1) is 10.1. The molecule has 0 amide bonds. The highest BCUT2D eigenvalue weighted by Crippen LogP contribution is 2.29. The van der Waals surface area contributed by atoms with Gasteiger partial charge in [-0.2, -0.15) is 0 Å². The third-order valence-corrected chi connectivity index (χ3v) is 4.04. The number of ether oxygens (including phenoxy) is 1. The van der Waals surface area contributed by atoms with Crippen LogP contribution in [0.5, 0.6) is 11.5 Å². The Morgan fingerprint density at radius 3 is 2.52 bits per heavy atom. The molecule has 2 rings (SSSR count). The Balaban J connectivity index is 2.13. The molecule has 3 heteroatoms. The van der Waals surface area contributed by atoms with Gasteiger partial charge in [-0.3, -0.25) is 0 Å². The Labute approximate surface area is 135 Å². The number of nitrogens with one attached hydrogen (secondary N) is 1. The van der Waals surface area contributed by atoms with Crippen molar-refractivity contribution in [2.45, 2.75) is 39.8 Å². The average molecular weight is 348 g/mol. The number of para-hydroxylation sites is 1. The molecule has 21 heavy (non-hydrogen) atoms. The minimum atomic E-state index is 0.476. The van der Waals surface area contributed by atoms with E-state index in [4.69, 9.17) is 4.74 Å². The molecular weight excluding hydrogens is 326 g/mol. The van der Waals surface area contributed by atoms with Crippen LogP contribution in [0.4, 0.5) is 0 Å². The summed E-state index contributed by atoms with van der Waals surface area (Å²) in [7, 11) is 0. The molecule has 0 aliphatic rings. The van der Waals surface area contributed by atoms with Crippen molar-refractivity contribution in [1.29, 1.82) is 0 Å². The normalized spacial score (nSPS) is 10.9. The van der Waals surface area contributed by atoms with Gasteiger partial charge in [0.25, 0.3) is 0 Å². The van der Waals surface area contributed by atoms with Gasteiger partial charge in [-0.15, -0.1) is 0 Å². The Morgan fingerprint density at radius 2 is 1.86 bits per heavy atom. The molecule has 2 aromatic carbocycles. The predicted molar refractivity (Wildman–Crippen MR) is 92.0 cm³/mol. The lowest BCUT2D eigenvalue weighted by Crippen LogP contribution is -2.21. The van der Waals surface area contributed by atoms with Crippen LogP contribution in [0.2, 0.25) is 0 Å². The van der Waals surface area contributed by atoms with Crippen LogP contribution in [0, 0.1) is 0 Å². The number of hydrogen-bond acceptors (Lipinski definition) is 2. The van der Waals surface area contributed by atoms with Crippen molar-refractivity contribution in [2.24, 2.45) is 0 Å². The third-order valence-electron chi connectivity index (χ3n) is 3.31. The van der Waals surface area contributed by atoms with Crippen LogP contribution in [0.15, 0.2) is 46.9 Å². The fraction of sp³-hybridized carbons (Fsp3) is 0.333. The van der Waals surface area contributed by atoms with Crippen LogP contribution in [0.25, 0.3) is 0 Å². The second-order valence-corrected chi connectivity index (χ2v) is 6.21. The second-order valence-electron chi connectivity index (χ2n) is 5.35. The molecule has 0 aliphatic heterocycles. The zero-order valence-corrected chi connectivity index (χ0v) is 14.4. The molecule has 0 heterocycles. The minimum Gasteiger partial charge on any atom is -0.457 e. The fourth-order valence-corrected chi connectivity index (χ4v) is 2.57. The van der Waals surface area contributed by atoms with Gasteiger partial charge in [-0.1, -0.05) is 61.0 Å². The Morgan fingerprint density at radius 1 is 1.10 bits per heavy atom. The van der Waals surface area contributed by atoms with Crippen LogP contribution in [-0.4, -0.2) is 6.04 Å². The van der Waals surface area contributed by atoms with Crippen molar-refractivity contribution < 1.29 is 4.74 Å². The molecule has 1 N–H and O–H groups in total. The average Bonchev–Trinajstić information content (AvgIpc) is 2.47. The monoisotopic (exact) mass is 347 g/mol. The molecule has 112 valence electrons. The van der Waals surface area contributed by atoms with E-state index in [2.05, 4.69) is 54.2 Å². The van der Waals surface area contributed by atoms with E-state index in [0.717, 1.165) is 28.9 Å². The first kappa shape index (κ1) is 16.1. The summed E-state index contributed by atoms with van der Waals surface area (Å²) in [4.78, 5) is 0. The summed E-state index contributed by atoms with van der Waals surface area (Å²) in [6.07, 6.45) is 0.966. The van der Waals surface area contributed by atoms with Gasteiger partial charge in [0, 0.05) is 17.1 Å². The largest absolute Gasteiger partial charge is 0.457 e. The van der Waals surface area contributed by atoms with E-state index >= 15 is 0 Å². The molecular formula is C18H22BrNO. The van der Waals surface area contributed by atoms with Gasteiger partial charge in [-0.05, 0) is 35.7 Å². The SMILES string of the molecule is CCc1ccccc1Oc1ccc(CNC(C)C)c(Br)c1. The quantitative estimate of drug-likeness (QED) is 0.765. The minimum absolute atomic E-state index is 0.476. The maximum Gasteiger partial charge on any atom is 0.130 e. The van der Waals surface area contributed by atoms with Gasteiger partial charge in [0.1, 0.15) is 11.5 Å². The van der Waals surface area contributed by atoms with Gasteiger partial charge in [0.2, 0.25) is 0 Å². The number of rotatable bonds is 6. The highest BCUT2D eigenvalue weighted by atomic mass is 79.9. The number of halogens is 1. The van der Waals surface area contributed by atoms with E-state index in [1.54, 1.807) is 0 Å². The smallest absolute Gasteiger partial charge is 0.130 e. The summed E-state index contributed by atoms with van der Waals surface area (Å²) < 4.78 is 7.08. The van der Waals surface area contributed by atoms with Crippen LogP contribution < -0.4 is 10.1 Å². The number of aryl methyl sites for hydroxylation is 1. The molecule has 0 spiro atoms. The lowest BCUT2D eigenvalue weighted by atomic mass is 10.1. The molecule has 2 aromatic rings. The van der Waals surface area contributed by atoms with Crippen LogP contribution in [-0.2, 0) is 13.0 Å². The van der Waals surface area contributed by atoms with Crippen molar-refractivity contribution in [2.75, 3.05) is 0 Å². The van der Waals surface area contributed by atoms with Gasteiger partial charge >= 0.3 is 0 Å². The lowest BCUT2D eigenvalue weighted by molar-refractivity contribution is 0.476. The molecule has 2 nitrogen and oxygen atoms in total. The first-order valence-electron chi connectivity index (χ1n) is 7.37. The third kappa shape index (κ3) is 4.58. The Bertz CT molecular complexity index is 596. The van der Waals surface area contributed by atoms with Crippen LogP contribution >= 0.6 is 15.9 Å². The number of benzene rings is 2. The lowest BCUT2D eigenvalue weighted by Gasteiger charge is -2.13. The Hall–Kier alpha value is -1.32. The van der Waals surface area contributed by atoms with Crippen molar-refractivity contribution in [1.82, 2.24) is 5.32 Å². The van der Waals surface area contributed by atoms with Gasteiger partial charge < -0.3 is 10.1 Å². The van der Waals surface area contributed by atoms with E-state index in [1.807, 2.05) is 30.3 Å². The zero-order chi connectivity index (χ0) is 15.2. The van der Waals surface area contributed by atoms with Crippen molar-refractivity contribution in [3.63, 3.8) is 0 Å². The van der Waals surface area contributed by atoms with E-state index in [1.165, 1.54) is 11.1 Å². The van der Waals surface area contributed by atoms with Crippen molar-refractivity contribution >= 4 is 15.9 Å². The van der Waals surface area contributed by atoms with Gasteiger partial charge in [0.05, 0.1) is 0 Å². The van der Waals surface area contributed by atoms with Crippen LogP contribution in [0.3, 0.4) is 0 Å². The van der Waals surface area contributed by atoms with Gasteiger partial charge in [-0.25, -0.2) is 0 Å². The summed E-state index contributed by atoms with van der Waals surface area (Å²) in [6.45, 7) is 7.28. The molecule has 0 bridgehead atoms. The summed E-state index contributed by atoms with van der Waals surface area (Å²) in [5.41, 5.74) is 2.46. The topological polar surface area (TPSA) is 21.3 Å². The predicted octanol–water partition coefficient (Wildman–Crippen LogP) is 5.30. The maximum atomic E-state index is 6.01. The van der Waals surface area contributed by atoms with Gasteiger partial charge in [0.15, 0.2) is 0 Å². The maximum absolute atomic E-state index is 6.01. The molecule has 0 aliphatic carbocycles. The highest BCUT2D eigenvalue weighted by molar-refractivity contribution is 9.10. The summed E-state index contributed by atoms with van der Waals surface area (Å²) in [5.74, 6) is 1.79. The summed E-state index contributed by atoms with van der Waals surface area (Å²) >= 11 is 3.63. The van der Waals surface area contributed by atoms with E-state index in [0.29, 0.717) is 6.04 Å². The molecule has 0 saturated carbocycles. The zero-order valence-electron chi connectivity index (χ0n) is 12.8. The molecule has 0 aromatic heterocycles. The summed E-state index contributed by atoms with van der Waals surface area (Å²) in [5, 5.41) is 3.42. The molecule has 0 unspecified atom stereocenters. The van der Waals surface area contributed by atoms with E-state index in [9.17, 15) is 0 Å². The second kappa shape index (κ2) is 7.62. The number of hydrogen-bond donors (Lipinski definition) is 1. The molecule has 0 saturated heterocycles. The van der Waals surface area contributed by atoms with E-state index in [-0.39, 0.29) is 0 Å². The molecule has 0 atom stereocenters. The first-order valence-corrected chi connectivity index (χ1v) is 8.17. The molecule has 0 radical (unpaired) electrons. The fourth-order valence-electron chi connectivity index (χ4n) is 2.07.